The van der Waals surface area contributed by atoms with Crippen LogP contribution in [0.15, 0.2) is 40.9 Å². The van der Waals surface area contributed by atoms with Crippen molar-refractivity contribution in [1.29, 1.82) is 0 Å². The summed E-state index contributed by atoms with van der Waals surface area (Å²) in [5, 5.41) is 19.6. The van der Waals surface area contributed by atoms with Gasteiger partial charge in [0.05, 0.1) is 4.92 Å². The Morgan fingerprint density at radius 1 is 1.29 bits per heavy atom. The maximum absolute atomic E-state index is 13.5. The molecule has 0 heterocycles. The molecular weight excluding hydrogens is 349 g/mol. The Bertz CT molecular complexity index is 734. The van der Waals surface area contributed by atoms with E-state index < -0.39 is 22.4 Å². The van der Waals surface area contributed by atoms with E-state index in [1.54, 1.807) is 6.07 Å². The van der Waals surface area contributed by atoms with Crippen LogP contribution in [0.1, 0.15) is 10.4 Å². The minimum absolute atomic E-state index is 0.000969. The third-order valence-corrected chi connectivity index (χ3v) is 3.01. The summed E-state index contributed by atoms with van der Waals surface area (Å²) < 4.78 is 19.3. The maximum atomic E-state index is 13.5. The van der Waals surface area contributed by atoms with Gasteiger partial charge in [-0.15, -0.1) is 0 Å². The van der Waals surface area contributed by atoms with Gasteiger partial charge in [-0.25, -0.2) is 4.79 Å². The molecule has 6 nitrogen and oxygen atoms in total. The van der Waals surface area contributed by atoms with Crippen molar-refractivity contribution < 1.29 is 24.0 Å². The molecule has 2 aromatic rings. The first-order valence-corrected chi connectivity index (χ1v) is 6.32. The molecule has 0 spiro atoms. The Balaban J connectivity index is 2.37. The maximum Gasteiger partial charge on any atom is 0.339 e. The van der Waals surface area contributed by atoms with Crippen molar-refractivity contribution in [2.45, 2.75) is 0 Å². The summed E-state index contributed by atoms with van der Waals surface area (Å²) >= 11 is 3.13. The van der Waals surface area contributed by atoms with E-state index >= 15 is 0 Å². The molecule has 0 fully saturated rings. The van der Waals surface area contributed by atoms with Crippen LogP contribution in [-0.4, -0.2) is 16.0 Å². The zero-order valence-corrected chi connectivity index (χ0v) is 11.8. The van der Waals surface area contributed by atoms with Gasteiger partial charge in [-0.3, -0.25) is 10.1 Å². The number of halogens is 2. The number of nitrogens with zero attached hydrogens (tertiary/aromatic N) is 1. The second kappa shape index (κ2) is 5.88. The van der Waals surface area contributed by atoms with Crippen molar-refractivity contribution in [3.8, 4) is 11.5 Å². The molecule has 1 N–H and O–H groups in total. The topological polar surface area (TPSA) is 89.7 Å². The number of ether oxygens (including phenoxy) is 1. The van der Waals surface area contributed by atoms with E-state index in [-0.39, 0.29) is 17.1 Å². The predicted molar refractivity (Wildman–Crippen MR) is 74.2 cm³/mol. The summed E-state index contributed by atoms with van der Waals surface area (Å²) in [5.74, 6) is -2.32. The molecule has 2 aromatic carbocycles. The van der Waals surface area contributed by atoms with Crippen molar-refractivity contribution in [3.63, 3.8) is 0 Å². The number of hydrogen-bond donors (Lipinski definition) is 1. The first-order chi connectivity index (χ1) is 9.88. The number of nitro benzene ring substituents is 1. The van der Waals surface area contributed by atoms with E-state index in [1.165, 1.54) is 18.2 Å². The number of benzene rings is 2. The lowest BCUT2D eigenvalue weighted by atomic mass is 10.2. The lowest BCUT2D eigenvalue weighted by molar-refractivity contribution is -0.387. The van der Waals surface area contributed by atoms with Crippen molar-refractivity contribution in [1.82, 2.24) is 0 Å². The predicted octanol–water partition coefficient (Wildman–Crippen LogP) is 3.99. The van der Waals surface area contributed by atoms with Crippen LogP contribution in [0.3, 0.4) is 0 Å². The summed E-state index contributed by atoms with van der Waals surface area (Å²) in [6.07, 6.45) is 0. The fraction of sp³-hybridized carbons (Fsp3) is 0. The number of rotatable bonds is 4. The van der Waals surface area contributed by atoms with Gasteiger partial charge in [-0.2, -0.15) is 4.39 Å². The molecule has 0 amide bonds. The van der Waals surface area contributed by atoms with E-state index in [1.807, 2.05) is 0 Å². The zero-order valence-electron chi connectivity index (χ0n) is 10.2. The van der Waals surface area contributed by atoms with Gasteiger partial charge < -0.3 is 9.84 Å². The van der Waals surface area contributed by atoms with E-state index in [0.29, 0.717) is 4.47 Å². The molecule has 21 heavy (non-hydrogen) atoms. The third kappa shape index (κ3) is 3.34. The van der Waals surface area contributed by atoms with Crippen LogP contribution in [0.5, 0.6) is 11.5 Å². The first-order valence-electron chi connectivity index (χ1n) is 5.53. The second-order valence-electron chi connectivity index (χ2n) is 3.92. The number of hydrogen-bond acceptors (Lipinski definition) is 4. The normalized spacial score (nSPS) is 10.2. The van der Waals surface area contributed by atoms with Gasteiger partial charge in [0.15, 0.2) is 0 Å². The van der Waals surface area contributed by atoms with E-state index in [2.05, 4.69) is 15.9 Å². The molecule has 0 saturated carbocycles. The highest BCUT2D eigenvalue weighted by Crippen LogP contribution is 2.30. The summed E-state index contributed by atoms with van der Waals surface area (Å²) in [5.41, 5.74) is -0.806. The zero-order chi connectivity index (χ0) is 15.6. The number of nitro groups is 1. The molecule has 0 aliphatic heterocycles. The number of aromatic carboxylic acids is 1. The Labute approximate surface area is 126 Å². The largest absolute Gasteiger partial charge is 0.478 e. The molecule has 0 atom stereocenters. The molecule has 0 saturated heterocycles. The molecule has 0 aliphatic carbocycles. The standard InChI is InChI=1S/C13H7BrFNO5/c14-7-1-4-12(9(5-7)13(17)18)21-8-2-3-11(16(19)20)10(15)6-8/h1-6H,(H,17,18). The van der Waals surface area contributed by atoms with Gasteiger partial charge >= 0.3 is 11.7 Å². The fourth-order valence-corrected chi connectivity index (χ4v) is 1.95. The average Bonchev–Trinajstić information content (AvgIpc) is 2.40. The molecule has 2 rings (SSSR count). The highest BCUT2D eigenvalue weighted by atomic mass is 79.9. The Morgan fingerprint density at radius 2 is 2.00 bits per heavy atom. The van der Waals surface area contributed by atoms with Gasteiger partial charge in [-0.05, 0) is 24.3 Å². The number of carboxylic acid groups (broad SMARTS) is 1. The van der Waals surface area contributed by atoms with Gasteiger partial charge in [0.25, 0.3) is 0 Å². The van der Waals surface area contributed by atoms with Crippen molar-refractivity contribution in [2.24, 2.45) is 0 Å². The van der Waals surface area contributed by atoms with Crippen LogP contribution < -0.4 is 4.74 Å². The third-order valence-electron chi connectivity index (χ3n) is 2.52. The quantitative estimate of drug-likeness (QED) is 0.661. The van der Waals surface area contributed by atoms with Crippen molar-refractivity contribution in [3.05, 3.63) is 62.4 Å². The van der Waals surface area contributed by atoms with E-state index in [4.69, 9.17) is 9.84 Å². The van der Waals surface area contributed by atoms with Crippen LogP contribution in [-0.2, 0) is 0 Å². The van der Waals surface area contributed by atoms with E-state index in [0.717, 1.165) is 12.1 Å². The van der Waals surface area contributed by atoms with Crippen LogP contribution >= 0.6 is 15.9 Å². The van der Waals surface area contributed by atoms with Crippen LogP contribution in [0.2, 0.25) is 0 Å². The molecular formula is C13H7BrFNO5. The Kier molecular flexibility index (Phi) is 4.18. The molecule has 8 heteroatoms. The lowest BCUT2D eigenvalue weighted by Crippen LogP contribution is -2.00. The number of carbonyl (C=O) groups is 1. The number of carboxylic acids is 1. The van der Waals surface area contributed by atoms with Crippen molar-refractivity contribution in [2.75, 3.05) is 0 Å². The molecule has 0 radical (unpaired) electrons. The fourth-order valence-electron chi connectivity index (χ4n) is 1.58. The summed E-state index contributed by atoms with van der Waals surface area (Å²) in [7, 11) is 0. The minimum Gasteiger partial charge on any atom is -0.478 e. The smallest absolute Gasteiger partial charge is 0.339 e. The lowest BCUT2D eigenvalue weighted by Gasteiger charge is -2.09. The highest BCUT2D eigenvalue weighted by molar-refractivity contribution is 9.10. The van der Waals surface area contributed by atoms with Crippen LogP contribution in [0.4, 0.5) is 10.1 Å². The summed E-state index contributed by atoms with van der Waals surface area (Å²) in [6.45, 7) is 0. The van der Waals surface area contributed by atoms with Crippen LogP contribution in [0, 0.1) is 15.9 Å². The molecule has 108 valence electrons. The van der Waals surface area contributed by atoms with Gasteiger partial charge in [0.1, 0.15) is 17.1 Å². The summed E-state index contributed by atoms with van der Waals surface area (Å²) in [4.78, 5) is 20.8. The van der Waals surface area contributed by atoms with Gasteiger partial charge in [-0.1, -0.05) is 15.9 Å². The van der Waals surface area contributed by atoms with Gasteiger partial charge in [0.2, 0.25) is 5.82 Å². The molecule has 0 bridgehead atoms. The monoisotopic (exact) mass is 355 g/mol. The summed E-state index contributed by atoms with van der Waals surface area (Å²) in [6, 6.07) is 7.25. The molecule has 0 unspecified atom stereocenters. The minimum atomic E-state index is -1.21. The van der Waals surface area contributed by atoms with E-state index in [9.17, 15) is 19.3 Å². The highest BCUT2D eigenvalue weighted by Gasteiger charge is 2.17. The Hall–Kier alpha value is -2.48. The van der Waals surface area contributed by atoms with Crippen molar-refractivity contribution >= 4 is 27.6 Å². The Morgan fingerprint density at radius 3 is 2.57 bits per heavy atom. The first kappa shape index (κ1) is 14.9. The second-order valence-corrected chi connectivity index (χ2v) is 4.83. The SMILES string of the molecule is O=C(O)c1cc(Br)ccc1Oc1ccc([N+](=O)[O-])c(F)c1. The van der Waals surface area contributed by atoms with Gasteiger partial charge in [0, 0.05) is 16.6 Å². The molecule has 0 aromatic heterocycles. The molecule has 0 aliphatic rings. The van der Waals surface area contributed by atoms with Crippen LogP contribution in [0.25, 0.3) is 0 Å². The average molecular weight is 356 g/mol.